The van der Waals surface area contributed by atoms with Gasteiger partial charge in [-0.1, -0.05) is 12.8 Å². The molecule has 1 heterocycles. The lowest BCUT2D eigenvalue weighted by molar-refractivity contribution is -0.168. The molecule has 1 aliphatic heterocycles. The Bertz CT molecular complexity index is 553. The average molecular weight is 399 g/mol. The molecular weight excluding hydrogens is 360 g/mol. The molecule has 2 aliphatic rings. The molecule has 0 unspecified atom stereocenters. The van der Waals surface area contributed by atoms with E-state index in [9.17, 15) is 9.59 Å². The Balaban J connectivity index is 2.07. The van der Waals surface area contributed by atoms with Crippen molar-refractivity contribution in [1.82, 2.24) is 9.96 Å². The van der Waals surface area contributed by atoms with Gasteiger partial charge in [0.05, 0.1) is 19.8 Å². The monoisotopic (exact) mass is 398 g/mol. The molecule has 1 aliphatic carbocycles. The van der Waals surface area contributed by atoms with Gasteiger partial charge < -0.3 is 9.47 Å². The summed E-state index contributed by atoms with van der Waals surface area (Å²) < 4.78 is 11.7. The summed E-state index contributed by atoms with van der Waals surface area (Å²) in [5, 5.41) is 1.27. The first-order chi connectivity index (χ1) is 12.9. The summed E-state index contributed by atoms with van der Waals surface area (Å²) in [6.07, 6.45) is 5.34. The fourth-order valence-corrected chi connectivity index (χ4v) is 3.87. The van der Waals surface area contributed by atoms with E-state index in [2.05, 4.69) is 0 Å². The Morgan fingerprint density at radius 1 is 1.29 bits per heavy atom. The van der Waals surface area contributed by atoms with Gasteiger partial charge in [0.1, 0.15) is 11.3 Å². The number of ether oxygens (including phenoxy) is 2. The number of rotatable bonds is 8. The highest BCUT2D eigenvalue weighted by Crippen LogP contribution is 2.42. The van der Waals surface area contributed by atoms with Crippen molar-refractivity contribution < 1.29 is 23.9 Å². The number of nitrogens with zero attached hydrogens (tertiary/aromatic N) is 2. The van der Waals surface area contributed by atoms with E-state index >= 15 is 0 Å². The van der Waals surface area contributed by atoms with Crippen molar-refractivity contribution in [1.29, 1.82) is 0 Å². The summed E-state index contributed by atoms with van der Waals surface area (Å²) in [7, 11) is 3.12. The van der Waals surface area contributed by atoms with Crippen LogP contribution in [-0.4, -0.2) is 60.1 Å². The fraction of sp³-hybridized carbons (Fsp3) is 0.905. The predicted molar refractivity (Wildman–Crippen MR) is 106 cm³/mol. The van der Waals surface area contributed by atoms with E-state index in [-0.39, 0.29) is 18.0 Å². The van der Waals surface area contributed by atoms with Crippen molar-refractivity contribution in [3.63, 3.8) is 0 Å². The highest BCUT2D eigenvalue weighted by atomic mass is 16.7. The third-order valence-corrected chi connectivity index (χ3v) is 5.58. The Kier molecular flexibility index (Phi) is 7.37. The van der Waals surface area contributed by atoms with Crippen molar-refractivity contribution >= 4 is 12.0 Å². The van der Waals surface area contributed by atoms with Gasteiger partial charge in [-0.3, -0.25) is 14.5 Å². The standard InChI is InChI=1S/C21H38N2O5/c1-20(2,3)28-19(25)23-17(14-27-21(23,4)5)16(13-15-11-12-15)9-8-10-18(24)22(6)26-7/h15-17H,8-14H2,1-7H3/t16-,17-/m0/s1. The third kappa shape index (κ3) is 6.34. The van der Waals surface area contributed by atoms with Crippen molar-refractivity contribution in [2.45, 2.75) is 90.5 Å². The lowest BCUT2D eigenvalue weighted by atomic mass is 9.88. The first-order valence-corrected chi connectivity index (χ1v) is 10.4. The van der Waals surface area contributed by atoms with E-state index in [1.165, 1.54) is 25.0 Å². The van der Waals surface area contributed by atoms with E-state index in [0.29, 0.717) is 18.9 Å². The van der Waals surface area contributed by atoms with Crippen LogP contribution < -0.4 is 0 Å². The van der Waals surface area contributed by atoms with E-state index in [4.69, 9.17) is 14.3 Å². The summed E-state index contributed by atoms with van der Waals surface area (Å²) in [6.45, 7) is 9.98. The average Bonchev–Trinajstić information content (AvgIpc) is 3.33. The second-order valence-electron chi connectivity index (χ2n) is 9.58. The quantitative estimate of drug-likeness (QED) is 0.579. The molecule has 0 spiro atoms. The maximum Gasteiger partial charge on any atom is 0.412 e. The summed E-state index contributed by atoms with van der Waals surface area (Å²) in [4.78, 5) is 31.7. The van der Waals surface area contributed by atoms with E-state index < -0.39 is 11.3 Å². The smallest absolute Gasteiger partial charge is 0.412 e. The van der Waals surface area contributed by atoms with Crippen molar-refractivity contribution in [2.75, 3.05) is 20.8 Å². The van der Waals surface area contributed by atoms with Gasteiger partial charge in [-0.2, -0.15) is 0 Å². The van der Waals surface area contributed by atoms with Gasteiger partial charge in [0.2, 0.25) is 5.91 Å². The molecule has 0 radical (unpaired) electrons. The predicted octanol–water partition coefficient (Wildman–Crippen LogP) is 3.96. The highest BCUT2D eigenvalue weighted by Gasteiger charge is 2.49. The number of hydrogen-bond donors (Lipinski definition) is 0. The molecular formula is C21H38N2O5. The molecule has 1 saturated carbocycles. The molecule has 1 saturated heterocycles. The van der Waals surface area contributed by atoms with Crippen LogP contribution in [0.25, 0.3) is 0 Å². The minimum atomic E-state index is -0.694. The molecule has 28 heavy (non-hydrogen) atoms. The second kappa shape index (κ2) is 8.99. The minimum Gasteiger partial charge on any atom is -0.444 e. The molecule has 0 aromatic heterocycles. The van der Waals surface area contributed by atoms with Crippen LogP contribution in [0.4, 0.5) is 4.79 Å². The van der Waals surface area contributed by atoms with Crippen LogP contribution in [0.15, 0.2) is 0 Å². The normalized spacial score (nSPS) is 22.8. The fourth-order valence-electron chi connectivity index (χ4n) is 3.87. The van der Waals surface area contributed by atoms with Crippen LogP contribution in [-0.2, 0) is 19.1 Å². The summed E-state index contributed by atoms with van der Waals surface area (Å²) in [5.41, 5.74) is -1.25. The van der Waals surface area contributed by atoms with Gasteiger partial charge in [-0.25, -0.2) is 9.86 Å². The summed E-state index contributed by atoms with van der Waals surface area (Å²) in [6, 6.07) is -0.0271. The Labute approximate surface area is 169 Å². The van der Waals surface area contributed by atoms with Crippen molar-refractivity contribution in [3.8, 4) is 0 Å². The molecule has 0 bridgehead atoms. The number of carbonyl (C=O) groups is 2. The molecule has 162 valence electrons. The van der Waals surface area contributed by atoms with Crippen molar-refractivity contribution in [2.24, 2.45) is 11.8 Å². The molecule has 2 atom stereocenters. The Morgan fingerprint density at radius 3 is 2.46 bits per heavy atom. The largest absolute Gasteiger partial charge is 0.444 e. The number of hydrogen-bond acceptors (Lipinski definition) is 5. The Morgan fingerprint density at radius 2 is 1.93 bits per heavy atom. The van der Waals surface area contributed by atoms with E-state index in [1.54, 1.807) is 11.9 Å². The van der Waals surface area contributed by atoms with Gasteiger partial charge in [0.25, 0.3) is 0 Å². The molecule has 0 aromatic carbocycles. The van der Waals surface area contributed by atoms with E-state index in [1.807, 2.05) is 34.6 Å². The van der Waals surface area contributed by atoms with Gasteiger partial charge >= 0.3 is 6.09 Å². The molecule has 2 rings (SSSR count). The van der Waals surface area contributed by atoms with Crippen molar-refractivity contribution in [3.05, 3.63) is 0 Å². The summed E-state index contributed by atoms with van der Waals surface area (Å²) in [5.74, 6) is 0.994. The second-order valence-corrected chi connectivity index (χ2v) is 9.58. The number of amides is 2. The first-order valence-electron chi connectivity index (χ1n) is 10.4. The zero-order chi connectivity index (χ0) is 21.1. The SMILES string of the molecule is CON(C)C(=O)CCC[C@@H](CC1CC1)[C@@H]1COC(C)(C)N1C(=O)OC(C)(C)C. The van der Waals surface area contributed by atoms with Crippen LogP contribution in [0.2, 0.25) is 0 Å². The molecule has 0 N–H and O–H groups in total. The zero-order valence-electron chi connectivity index (χ0n) is 18.6. The number of carbonyl (C=O) groups excluding carboxylic acids is 2. The zero-order valence-corrected chi connectivity index (χ0v) is 18.6. The third-order valence-electron chi connectivity index (χ3n) is 5.58. The van der Waals surface area contributed by atoms with Crippen LogP contribution in [0, 0.1) is 11.8 Å². The molecule has 7 heteroatoms. The van der Waals surface area contributed by atoms with Crippen LogP contribution in [0.3, 0.4) is 0 Å². The first kappa shape index (κ1) is 22.9. The van der Waals surface area contributed by atoms with Crippen LogP contribution >= 0.6 is 0 Å². The van der Waals surface area contributed by atoms with Gasteiger partial charge in [0, 0.05) is 13.5 Å². The highest BCUT2D eigenvalue weighted by molar-refractivity contribution is 5.74. The topological polar surface area (TPSA) is 68.3 Å². The van der Waals surface area contributed by atoms with Gasteiger partial charge in [0.15, 0.2) is 0 Å². The lowest BCUT2D eigenvalue weighted by Crippen LogP contribution is -2.52. The number of hydroxylamine groups is 2. The minimum absolute atomic E-state index is 0.0271. The molecule has 0 aromatic rings. The summed E-state index contributed by atoms with van der Waals surface area (Å²) >= 11 is 0. The van der Waals surface area contributed by atoms with Crippen LogP contribution in [0.1, 0.15) is 73.1 Å². The molecule has 2 amide bonds. The maximum atomic E-state index is 12.9. The van der Waals surface area contributed by atoms with E-state index in [0.717, 1.165) is 25.2 Å². The lowest BCUT2D eigenvalue weighted by Gasteiger charge is -2.38. The molecule has 2 fully saturated rings. The molecule has 7 nitrogen and oxygen atoms in total. The maximum absolute atomic E-state index is 12.9. The van der Waals surface area contributed by atoms with Gasteiger partial charge in [-0.15, -0.1) is 0 Å². The Hall–Kier alpha value is -1.34. The van der Waals surface area contributed by atoms with Gasteiger partial charge in [-0.05, 0) is 65.7 Å². The van der Waals surface area contributed by atoms with Crippen LogP contribution in [0.5, 0.6) is 0 Å².